The van der Waals surface area contributed by atoms with Crippen molar-refractivity contribution in [2.24, 2.45) is 11.3 Å². The van der Waals surface area contributed by atoms with Crippen LogP contribution in [0.1, 0.15) is 121 Å². The van der Waals surface area contributed by atoms with Crippen LogP contribution in [0.15, 0.2) is 99.4 Å². The molecule has 2 aliphatic carbocycles. The number of fused-ring (bicyclic) bond motifs is 3. The second kappa shape index (κ2) is 14.6. The van der Waals surface area contributed by atoms with Gasteiger partial charge in [-0.2, -0.15) is 0 Å². The van der Waals surface area contributed by atoms with Crippen LogP contribution in [-0.2, 0) is 38.5 Å². The normalized spacial score (nSPS) is 15.4. The van der Waals surface area contributed by atoms with Gasteiger partial charge in [0.1, 0.15) is 0 Å². The van der Waals surface area contributed by atoms with Crippen molar-refractivity contribution in [1.82, 2.24) is 0 Å². The Labute approximate surface area is 323 Å². The molecule has 0 radical (unpaired) electrons. The maximum Gasteiger partial charge on any atom is -1.00 e. The summed E-state index contributed by atoms with van der Waals surface area (Å²) in [5.74, 6) is 0.421. The molecule has 0 nitrogen and oxygen atoms in total. The molecule has 50 heavy (non-hydrogen) atoms. The molecule has 0 bridgehead atoms. The van der Waals surface area contributed by atoms with Gasteiger partial charge in [-0.15, -0.1) is 0 Å². The van der Waals surface area contributed by atoms with E-state index in [1.807, 2.05) is 0 Å². The Hall–Kier alpha value is -2.31. The quantitative estimate of drug-likeness (QED) is 0.214. The van der Waals surface area contributed by atoms with Gasteiger partial charge in [-0.05, 0) is 0 Å². The number of benzene rings is 4. The monoisotopic (exact) mass is 780 g/mol. The summed E-state index contributed by atoms with van der Waals surface area (Å²) in [6.45, 7) is 30.8. The van der Waals surface area contributed by atoms with Gasteiger partial charge in [0.25, 0.3) is 0 Å². The molecule has 262 valence electrons. The van der Waals surface area contributed by atoms with Crippen molar-refractivity contribution in [2.45, 2.75) is 107 Å². The first-order valence-electron chi connectivity index (χ1n) is 18.0. The molecule has 6 rings (SSSR count). The van der Waals surface area contributed by atoms with E-state index in [0.717, 1.165) is 6.42 Å². The van der Waals surface area contributed by atoms with Crippen LogP contribution in [0.3, 0.4) is 0 Å². The molecule has 0 saturated heterocycles. The number of hydrogen-bond donors (Lipinski definition) is 0. The Bertz CT molecular complexity index is 1950. The van der Waals surface area contributed by atoms with Crippen molar-refractivity contribution < 1.29 is 46.1 Å². The third-order valence-corrected chi connectivity index (χ3v) is 19.1. The fourth-order valence-electron chi connectivity index (χ4n) is 7.88. The van der Waals surface area contributed by atoms with E-state index in [4.69, 9.17) is 0 Å². The zero-order valence-electron chi connectivity index (χ0n) is 32.6. The van der Waals surface area contributed by atoms with Gasteiger partial charge in [0.05, 0.1) is 0 Å². The van der Waals surface area contributed by atoms with Crippen LogP contribution in [0.25, 0.3) is 11.1 Å². The third kappa shape index (κ3) is 7.73. The first-order valence-corrected chi connectivity index (χ1v) is 21.7. The van der Waals surface area contributed by atoms with Crippen LogP contribution >= 0.6 is 0 Å². The first-order chi connectivity index (χ1) is 22.3. The minimum absolute atomic E-state index is 0. The molecule has 0 N–H and O–H groups in total. The fraction of sp³-hybridized carbons (Fsp3) is 0.383. The second-order valence-corrected chi connectivity index (χ2v) is 23.5. The van der Waals surface area contributed by atoms with Crippen LogP contribution in [0.2, 0.25) is 0 Å². The summed E-state index contributed by atoms with van der Waals surface area (Å²) in [6.07, 6.45) is 3.64. The molecule has 3 heteroatoms. The maximum absolute atomic E-state index is 2.94. The summed E-state index contributed by atoms with van der Waals surface area (Å²) in [5.41, 5.74) is 17.7. The van der Waals surface area contributed by atoms with Gasteiger partial charge in [0.2, 0.25) is 0 Å². The zero-order chi connectivity index (χ0) is 34.9. The zero-order valence-corrected chi connectivity index (χ0v) is 36.6. The molecule has 0 aliphatic heterocycles. The summed E-state index contributed by atoms with van der Waals surface area (Å²) in [5, 5.41) is 0. The molecule has 1 unspecified atom stereocenters. The van der Waals surface area contributed by atoms with Crippen molar-refractivity contribution in [3.63, 3.8) is 0 Å². The average molecular weight is 783 g/mol. The Kier molecular flexibility index (Phi) is 11.8. The molecule has 0 saturated carbocycles. The van der Waals surface area contributed by atoms with Crippen molar-refractivity contribution in [1.29, 1.82) is 0 Å². The molecule has 0 heterocycles. The van der Waals surface area contributed by atoms with Gasteiger partial charge < -0.3 is 24.8 Å². The van der Waals surface area contributed by atoms with Crippen LogP contribution in [0, 0.1) is 25.2 Å². The van der Waals surface area contributed by atoms with Gasteiger partial charge in [0, 0.05) is 0 Å². The molecule has 0 amide bonds. The Morgan fingerprint density at radius 3 is 1.56 bits per heavy atom. The summed E-state index contributed by atoms with van der Waals surface area (Å²) in [6, 6.07) is 31.5. The van der Waals surface area contributed by atoms with E-state index < -0.39 is 21.3 Å². The number of allylic oxidation sites excluding steroid dienone is 4. The summed E-state index contributed by atoms with van der Waals surface area (Å²) in [7, 11) is 0. The molecule has 0 aromatic heterocycles. The maximum atomic E-state index is 2.69. The molecular formula is C47H56Cl2Zr. The van der Waals surface area contributed by atoms with Gasteiger partial charge in [0.15, 0.2) is 0 Å². The molecule has 0 spiro atoms. The largest absolute Gasteiger partial charge is 1.00 e. The predicted molar refractivity (Wildman–Crippen MR) is 207 cm³/mol. The summed E-state index contributed by atoms with van der Waals surface area (Å²) >= 11 is -2.94. The van der Waals surface area contributed by atoms with Crippen LogP contribution in [0.4, 0.5) is 0 Å². The van der Waals surface area contributed by atoms with E-state index in [9.17, 15) is 0 Å². The molecule has 4 aromatic rings. The molecule has 0 fully saturated rings. The molecule has 4 aromatic carbocycles. The SMILES string of the molecule is CC1=[C]([Zr+2](=[C](c2ccc(C)cc2)c2ccc(C)cc2)[c]2cc(C(C)(C)C)cc3c2Cc2ccc(C(C)(C)C)cc2-3)C(C)C=C1C(C)(C)C.[Cl-].[Cl-]. The number of halogens is 2. The van der Waals surface area contributed by atoms with Crippen molar-refractivity contribution in [3.8, 4) is 11.1 Å². The van der Waals surface area contributed by atoms with Crippen molar-refractivity contribution in [2.75, 3.05) is 0 Å². The van der Waals surface area contributed by atoms with E-state index in [0.29, 0.717) is 5.92 Å². The van der Waals surface area contributed by atoms with E-state index in [1.165, 1.54) is 55.6 Å². The second-order valence-electron chi connectivity index (χ2n) is 17.7. The van der Waals surface area contributed by atoms with Gasteiger partial charge in [-0.3, -0.25) is 0 Å². The van der Waals surface area contributed by atoms with Crippen molar-refractivity contribution in [3.05, 3.63) is 144 Å². The number of hydrogen-bond acceptors (Lipinski definition) is 0. The molecular weight excluding hydrogens is 727 g/mol. The third-order valence-electron chi connectivity index (χ3n) is 10.7. The topological polar surface area (TPSA) is 0 Å². The van der Waals surface area contributed by atoms with Gasteiger partial charge in [-0.1, -0.05) is 0 Å². The number of aryl methyl sites for hydroxylation is 2. The fourth-order valence-corrected chi connectivity index (χ4v) is 16.8. The minimum atomic E-state index is -2.94. The smallest absolute Gasteiger partial charge is 1.00 e. The van der Waals surface area contributed by atoms with E-state index >= 15 is 0 Å². The summed E-state index contributed by atoms with van der Waals surface area (Å²) < 4.78 is 5.04. The number of rotatable bonds is 4. The van der Waals surface area contributed by atoms with E-state index in [2.05, 4.69) is 175 Å². The van der Waals surface area contributed by atoms with Crippen LogP contribution in [-0.4, -0.2) is 3.21 Å². The molecule has 2 aliphatic rings. The van der Waals surface area contributed by atoms with E-state index in [1.54, 1.807) is 20.9 Å². The molecule has 1 atom stereocenters. The Morgan fingerprint density at radius 2 is 1.10 bits per heavy atom. The van der Waals surface area contributed by atoms with Crippen LogP contribution in [0.5, 0.6) is 0 Å². The first kappa shape index (κ1) is 40.5. The predicted octanol–water partition coefficient (Wildman–Crippen LogP) is 5.89. The minimum Gasteiger partial charge on any atom is -1.00 e. The van der Waals surface area contributed by atoms with Gasteiger partial charge in [-0.25, -0.2) is 0 Å². The van der Waals surface area contributed by atoms with E-state index in [-0.39, 0.29) is 41.1 Å². The average Bonchev–Trinajstić information content (AvgIpc) is 3.52. The van der Waals surface area contributed by atoms with Crippen LogP contribution < -0.4 is 28.1 Å². The Balaban J connectivity index is 0.00000281. The standard InChI is InChI=1S/C21H25.C15H14.C11H17.2ClH.Zr/c1-20(2,3)16-9-7-14-11-15-8-10-17(21(4,5)6)13-19(15)18(14)12-16;1-12-3-7-14(8-4-12)11-15-9-5-13(2)6-10-15;1-8-6-9(2)10(7-8)11(3,4)5;;;/h7,9-10,12-13H,11H2,1-6H3;3-10H,1-2H3;7-8H,1-5H3;2*1H;/q;;;;;+2/p-2. The van der Waals surface area contributed by atoms with Crippen molar-refractivity contribution >= 4 is 6.48 Å². The Morgan fingerprint density at radius 1 is 0.600 bits per heavy atom. The van der Waals surface area contributed by atoms with Gasteiger partial charge >= 0.3 is 301 Å². The summed E-state index contributed by atoms with van der Waals surface area (Å²) in [4.78, 5) is 0.